The van der Waals surface area contributed by atoms with Crippen molar-refractivity contribution >= 4 is 17.9 Å². The smallest absolute Gasteiger partial charge is 0.194 e. The van der Waals surface area contributed by atoms with Gasteiger partial charge in [-0.25, -0.2) is 0 Å². The van der Waals surface area contributed by atoms with E-state index < -0.39 is 0 Å². The molecule has 4 aromatic carbocycles. The third-order valence-electron chi connectivity index (χ3n) is 5.21. The summed E-state index contributed by atoms with van der Waals surface area (Å²) < 4.78 is 0. The quantitative estimate of drug-likeness (QED) is 0.313. The highest BCUT2D eigenvalue weighted by Gasteiger charge is 2.18. The third-order valence-corrected chi connectivity index (χ3v) is 5.21. The number of ketones is 1. The average molecular weight is 386 g/mol. The molecule has 4 rings (SSSR count). The predicted octanol–water partition coefficient (Wildman–Crippen LogP) is 7.54. The second-order valence-electron chi connectivity index (χ2n) is 7.08. The van der Waals surface area contributed by atoms with Crippen molar-refractivity contribution in [2.24, 2.45) is 0 Å². The molecule has 0 amide bonds. The number of hydrogen-bond donors (Lipinski definition) is 0. The minimum Gasteiger partial charge on any atom is -0.289 e. The number of rotatable bonds is 6. The molecule has 1 heteroatoms. The molecular weight excluding hydrogens is 364 g/mol. The van der Waals surface area contributed by atoms with E-state index in [1.807, 2.05) is 97.1 Å². The molecule has 144 valence electrons. The van der Waals surface area contributed by atoms with Crippen molar-refractivity contribution in [1.82, 2.24) is 0 Å². The molecule has 30 heavy (non-hydrogen) atoms. The lowest BCUT2D eigenvalue weighted by molar-refractivity contribution is 0.104. The molecule has 0 fully saturated rings. The molecule has 0 aliphatic rings. The van der Waals surface area contributed by atoms with Gasteiger partial charge in [0.2, 0.25) is 0 Å². The number of hydrogen-bond acceptors (Lipinski definition) is 1. The Labute approximate surface area is 177 Å². The summed E-state index contributed by atoms with van der Waals surface area (Å²) in [4.78, 5) is 13.7. The summed E-state index contributed by atoms with van der Waals surface area (Å²) in [7, 11) is 0. The molecule has 0 aliphatic heterocycles. The maximum Gasteiger partial charge on any atom is 0.194 e. The van der Waals surface area contributed by atoms with Crippen molar-refractivity contribution in [3.63, 3.8) is 0 Å². The lowest BCUT2D eigenvalue weighted by Crippen LogP contribution is -2.05. The first kappa shape index (κ1) is 19.4. The fraction of sp³-hybridized carbons (Fsp3) is 0. The van der Waals surface area contributed by atoms with E-state index in [4.69, 9.17) is 0 Å². The molecule has 0 bridgehead atoms. The summed E-state index contributed by atoms with van der Waals surface area (Å²) >= 11 is 0. The second kappa shape index (κ2) is 8.59. The Morgan fingerprint density at radius 3 is 1.43 bits per heavy atom. The van der Waals surface area contributed by atoms with Gasteiger partial charge in [-0.2, -0.15) is 0 Å². The minimum absolute atomic E-state index is 0.00853. The SMILES string of the molecule is C=Cc1cccc(-c2ccccc2C(=O)c2ccccc2-c2cccc(C=C)c2)c1. The highest BCUT2D eigenvalue weighted by molar-refractivity contribution is 6.16. The van der Waals surface area contributed by atoms with Gasteiger partial charge in [-0.15, -0.1) is 0 Å². The molecule has 4 aromatic rings. The van der Waals surface area contributed by atoms with Crippen LogP contribution in [0.2, 0.25) is 0 Å². The van der Waals surface area contributed by atoms with Gasteiger partial charge in [0.25, 0.3) is 0 Å². The van der Waals surface area contributed by atoms with Crippen molar-refractivity contribution in [3.8, 4) is 22.3 Å². The molecule has 0 spiro atoms. The fourth-order valence-electron chi connectivity index (χ4n) is 3.68. The van der Waals surface area contributed by atoms with Crippen molar-refractivity contribution in [2.45, 2.75) is 0 Å². The second-order valence-corrected chi connectivity index (χ2v) is 7.08. The van der Waals surface area contributed by atoms with Crippen LogP contribution < -0.4 is 0 Å². The summed E-state index contributed by atoms with van der Waals surface area (Å²) in [6.45, 7) is 7.71. The van der Waals surface area contributed by atoms with Gasteiger partial charge in [0, 0.05) is 11.1 Å². The molecule has 0 aromatic heterocycles. The van der Waals surface area contributed by atoms with Crippen molar-refractivity contribution < 1.29 is 4.79 Å². The van der Waals surface area contributed by atoms with Crippen LogP contribution in [0.25, 0.3) is 34.4 Å². The maximum absolute atomic E-state index is 13.7. The Balaban J connectivity index is 1.84. The predicted molar refractivity (Wildman–Crippen MR) is 127 cm³/mol. The van der Waals surface area contributed by atoms with Gasteiger partial charge in [-0.05, 0) is 45.5 Å². The number of carbonyl (C=O) groups excluding carboxylic acids is 1. The van der Waals surface area contributed by atoms with Crippen LogP contribution in [0.1, 0.15) is 27.0 Å². The first-order chi connectivity index (χ1) is 14.7. The van der Waals surface area contributed by atoms with E-state index in [1.54, 1.807) is 0 Å². The highest BCUT2D eigenvalue weighted by atomic mass is 16.1. The van der Waals surface area contributed by atoms with Crippen LogP contribution in [0.3, 0.4) is 0 Å². The lowest BCUT2D eigenvalue weighted by Gasteiger charge is -2.13. The molecular formula is C29H22O. The van der Waals surface area contributed by atoms with Gasteiger partial charge >= 0.3 is 0 Å². The van der Waals surface area contributed by atoms with Gasteiger partial charge < -0.3 is 0 Å². The van der Waals surface area contributed by atoms with Gasteiger partial charge in [-0.3, -0.25) is 4.79 Å². The van der Waals surface area contributed by atoms with E-state index in [1.165, 1.54) is 0 Å². The van der Waals surface area contributed by atoms with E-state index >= 15 is 0 Å². The number of benzene rings is 4. The number of carbonyl (C=O) groups is 1. The van der Waals surface area contributed by atoms with Crippen LogP contribution in [0.15, 0.2) is 110 Å². The summed E-state index contributed by atoms with van der Waals surface area (Å²) in [5.74, 6) is 0.00853. The third kappa shape index (κ3) is 3.78. The average Bonchev–Trinajstić information content (AvgIpc) is 2.83. The standard InChI is InChI=1S/C29H22O/c1-3-21-11-9-13-23(19-21)25-15-5-7-17-27(25)29(30)28-18-8-6-16-26(28)24-14-10-12-22(4-2)20-24/h3-20H,1-2H2. The Morgan fingerprint density at radius 1 is 0.567 bits per heavy atom. The van der Waals surface area contributed by atoms with Crippen LogP contribution in [0.5, 0.6) is 0 Å². The first-order valence-corrected chi connectivity index (χ1v) is 9.90. The summed E-state index contributed by atoms with van der Waals surface area (Å²) in [6.07, 6.45) is 3.63. The van der Waals surface area contributed by atoms with Gasteiger partial charge in [0.1, 0.15) is 0 Å². The zero-order valence-corrected chi connectivity index (χ0v) is 16.7. The molecule has 0 unspecified atom stereocenters. The minimum atomic E-state index is 0.00853. The molecule has 0 saturated carbocycles. The molecule has 0 saturated heterocycles. The molecule has 0 N–H and O–H groups in total. The van der Waals surface area contributed by atoms with Gasteiger partial charge in [-0.1, -0.05) is 110 Å². The van der Waals surface area contributed by atoms with Crippen LogP contribution in [0.4, 0.5) is 0 Å². The zero-order valence-electron chi connectivity index (χ0n) is 16.7. The molecule has 1 nitrogen and oxygen atoms in total. The summed E-state index contributed by atoms with van der Waals surface area (Å²) in [5, 5.41) is 0. The largest absolute Gasteiger partial charge is 0.289 e. The fourth-order valence-corrected chi connectivity index (χ4v) is 3.68. The van der Waals surface area contributed by atoms with E-state index in [0.717, 1.165) is 33.4 Å². The Bertz CT molecular complexity index is 1150. The Hall–Kier alpha value is -3.97. The molecule has 0 atom stereocenters. The summed E-state index contributed by atoms with van der Waals surface area (Å²) in [5.41, 5.74) is 7.26. The highest BCUT2D eigenvalue weighted by Crippen LogP contribution is 2.31. The van der Waals surface area contributed by atoms with Crippen LogP contribution >= 0.6 is 0 Å². The monoisotopic (exact) mass is 386 g/mol. The molecule has 0 radical (unpaired) electrons. The van der Waals surface area contributed by atoms with E-state index in [-0.39, 0.29) is 5.78 Å². The van der Waals surface area contributed by atoms with Crippen LogP contribution in [-0.4, -0.2) is 5.78 Å². The normalized spacial score (nSPS) is 10.4. The van der Waals surface area contributed by atoms with Crippen LogP contribution in [-0.2, 0) is 0 Å². The van der Waals surface area contributed by atoms with Crippen molar-refractivity contribution in [3.05, 3.63) is 132 Å². The van der Waals surface area contributed by atoms with Crippen LogP contribution in [0, 0.1) is 0 Å². The Kier molecular flexibility index (Phi) is 5.54. The maximum atomic E-state index is 13.7. The first-order valence-electron chi connectivity index (χ1n) is 9.90. The van der Waals surface area contributed by atoms with Crippen molar-refractivity contribution in [1.29, 1.82) is 0 Å². The Morgan fingerprint density at radius 2 is 1.00 bits per heavy atom. The lowest BCUT2D eigenvalue weighted by atomic mass is 9.89. The van der Waals surface area contributed by atoms with E-state index in [9.17, 15) is 4.79 Å². The van der Waals surface area contributed by atoms with Gasteiger partial charge in [0.05, 0.1) is 0 Å². The van der Waals surface area contributed by atoms with Crippen molar-refractivity contribution in [2.75, 3.05) is 0 Å². The molecule has 0 heterocycles. The zero-order chi connectivity index (χ0) is 20.9. The topological polar surface area (TPSA) is 17.1 Å². The molecule has 0 aliphatic carbocycles. The van der Waals surface area contributed by atoms with E-state index in [2.05, 4.69) is 25.3 Å². The summed E-state index contributed by atoms with van der Waals surface area (Å²) in [6, 6.07) is 31.7. The van der Waals surface area contributed by atoms with Gasteiger partial charge in [0.15, 0.2) is 5.78 Å². The van der Waals surface area contributed by atoms with E-state index in [0.29, 0.717) is 11.1 Å².